The minimum Gasteiger partial charge on any atom is -0.508 e. The fraction of sp³-hybridized carbons (Fsp3) is 0.467. The molecule has 20 heavy (non-hydrogen) atoms. The summed E-state index contributed by atoms with van der Waals surface area (Å²) in [6, 6.07) is 7.88. The van der Waals surface area contributed by atoms with Gasteiger partial charge >= 0.3 is 0 Å². The van der Waals surface area contributed by atoms with Crippen molar-refractivity contribution in [2.45, 2.75) is 32.2 Å². The number of hydrogen-bond acceptors (Lipinski definition) is 4. The van der Waals surface area contributed by atoms with E-state index < -0.39 is 0 Å². The zero-order chi connectivity index (χ0) is 14.4. The first-order valence-electron chi connectivity index (χ1n) is 6.99. The van der Waals surface area contributed by atoms with Gasteiger partial charge in [0.2, 0.25) is 0 Å². The first-order chi connectivity index (χ1) is 9.65. The van der Waals surface area contributed by atoms with E-state index in [1.54, 1.807) is 18.5 Å². The first kappa shape index (κ1) is 14.5. The largest absolute Gasteiger partial charge is 0.508 e. The van der Waals surface area contributed by atoms with Gasteiger partial charge in [-0.15, -0.1) is 10.2 Å². The van der Waals surface area contributed by atoms with Crippen molar-refractivity contribution in [1.82, 2.24) is 20.1 Å². The Bertz CT molecular complexity index is 521. The Morgan fingerprint density at radius 3 is 2.65 bits per heavy atom. The zero-order valence-corrected chi connectivity index (χ0v) is 12.1. The van der Waals surface area contributed by atoms with E-state index in [1.807, 2.05) is 23.7 Å². The second-order valence-electron chi connectivity index (χ2n) is 5.17. The summed E-state index contributed by atoms with van der Waals surface area (Å²) < 4.78 is 1.95. The molecule has 2 N–H and O–H groups in total. The van der Waals surface area contributed by atoms with E-state index in [1.165, 1.54) is 5.56 Å². The van der Waals surface area contributed by atoms with E-state index in [0.717, 1.165) is 31.6 Å². The highest BCUT2D eigenvalue weighted by atomic mass is 16.3. The van der Waals surface area contributed by atoms with Gasteiger partial charge in [-0.25, -0.2) is 0 Å². The normalized spacial score (nSPS) is 12.5. The number of phenols is 1. The van der Waals surface area contributed by atoms with Crippen LogP contribution in [0.15, 0.2) is 30.6 Å². The highest BCUT2D eigenvalue weighted by Crippen LogP contribution is 2.11. The molecule has 5 nitrogen and oxygen atoms in total. The number of aromatic hydroxyl groups is 1. The summed E-state index contributed by atoms with van der Waals surface area (Å²) in [6.07, 6.45) is 4.70. The Morgan fingerprint density at radius 2 is 2.00 bits per heavy atom. The Morgan fingerprint density at radius 1 is 1.25 bits per heavy atom. The molecule has 2 aromatic rings. The summed E-state index contributed by atoms with van der Waals surface area (Å²) in [5.41, 5.74) is 1.25. The van der Waals surface area contributed by atoms with Crippen molar-refractivity contribution in [2.75, 3.05) is 6.54 Å². The molecule has 0 aliphatic carbocycles. The van der Waals surface area contributed by atoms with E-state index >= 15 is 0 Å². The van der Waals surface area contributed by atoms with Crippen LogP contribution < -0.4 is 5.32 Å². The molecular weight excluding hydrogens is 252 g/mol. The SMILES string of the molecule is CC(CCc1ccc(O)cc1)NCCc1nncn1C. The van der Waals surface area contributed by atoms with E-state index in [2.05, 4.69) is 22.4 Å². The Hall–Kier alpha value is -1.88. The van der Waals surface area contributed by atoms with Gasteiger partial charge in [0.25, 0.3) is 0 Å². The topological polar surface area (TPSA) is 63.0 Å². The van der Waals surface area contributed by atoms with E-state index in [0.29, 0.717) is 11.8 Å². The van der Waals surface area contributed by atoms with Crippen molar-refractivity contribution in [3.63, 3.8) is 0 Å². The lowest BCUT2D eigenvalue weighted by Crippen LogP contribution is -2.29. The third-order valence-corrected chi connectivity index (χ3v) is 3.45. The number of phenolic OH excluding ortho intramolecular Hbond substituents is 1. The second kappa shape index (κ2) is 7.05. The fourth-order valence-electron chi connectivity index (χ4n) is 2.11. The summed E-state index contributed by atoms with van der Waals surface area (Å²) in [7, 11) is 1.96. The van der Waals surface area contributed by atoms with Crippen molar-refractivity contribution in [3.05, 3.63) is 42.0 Å². The van der Waals surface area contributed by atoms with E-state index in [4.69, 9.17) is 0 Å². The maximum Gasteiger partial charge on any atom is 0.133 e. The summed E-state index contributed by atoms with van der Waals surface area (Å²) in [5, 5.41) is 20.7. The van der Waals surface area contributed by atoms with Crippen molar-refractivity contribution in [1.29, 1.82) is 0 Å². The van der Waals surface area contributed by atoms with Crippen LogP contribution in [-0.2, 0) is 19.9 Å². The third kappa shape index (κ3) is 4.35. The number of nitrogens with one attached hydrogen (secondary N) is 1. The molecule has 0 saturated carbocycles. The predicted octanol–water partition coefficient (Wildman–Crippen LogP) is 1.67. The van der Waals surface area contributed by atoms with Crippen molar-refractivity contribution in [3.8, 4) is 5.75 Å². The highest BCUT2D eigenvalue weighted by Gasteiger charge is 2.04. The van der Waals surface area contributed by atoms with Gasteiger partial charge < -0.3 is 15.0 Å². The molecule has 0 fully saturated rings. The van der Waals surface area contributed by atoms with Crippen LogP contribution in [0.5, 0.6) is 5.75 Å². The van der Waals surface area contributed by atoms with Gasteiger partial charge in [0, 0.05) is 26.1 Å². The average Bonchev–Trinajstić information content (AvgIpc) is 2.84. The van der Waals surface area contributed by atoms with Crippen molar-refractivity contribution in [2.24, 2.45) is 7.05 Å². The molecule has 0 radical (unpaired) electrons. The molecule has 0 amide bonds. The summed E-state index contributed by atoms with van der Waals surface area (Å²) >= 11 is 0. The summed E-state index contributed by atoms with van der Waals surface area (Å²) in [6.45, 7) is 3.10. The quantitative estimate of drug-likeness (QED) is 0.806. The van der Waals surface area contributed by atoms with Gasteiger partial charge in [-0.3, -0.25) is 0 Å². The van der Waals surface area contributed by atoms with Crippen LogP contribution in [0.4, 0.5) is 0 Å². The van der Waals surface area contributed by atoms with Gasteiger partial charge in [-0.05, 0) is 37.5 Å². The predicted molar refractivity (Wildman–Crippen MR) is 78.6 cm³/mol. The molecule has 0 spiro atoms. The van der Waals surface area contributed by atoms with Crippen LogP contribution in [0, 0.1) is 0 Å². The third-order valence-electron chi connectivity index (χ3n) is 3.45. The molecule has 0 bridgehead atoms. The van der Waals surface area contributed by atoms with Crippen LogP contribution in [0.2, 0.25) is 0 Å². The van der Waals surface area contributed by atoms with Crippen LogP contribution in [-0.4, -0.2) is 32.5 Å². The lowest BCUT2D eigenvalue weighted by atomic mass is 10.1. The molecule has 5 heteroatoms. The molecule has 0 aliphatic rings. The van der Waals surface area contributed by atoms with E-state index in [9.17, 15) is 5.11 Å². The zero-order valence-electron chi connectivity index (χ0n) is 12.1. The summed E-state index contributed by atoms with van der Waals surface area (Å²) in [5.74, 6) is 1.33. The number of nitrogens with zero attached hydrogens (tertiary/aromatic N) is 3. The molecule has 1 heterocycles. The Balaban J connectivity index is 1.66. The van der Waals surface area contributed by atoms with Crippen LogP contribution in [0.3, 0.4) is 0 Å². The lowest BCUT2D eigenvalue weighted by Gasteiger charge is -2.13. The number of rotatable bonds is 7. The number of aryl methyl sites for hydroxylation is 2. The fourth-order valence-corrected chi connectivity index (χ4v) is 2.11. The van der Waals surface area contributed by atoms with Crippen LogP contribution >= 0.6 is 0 Å². The standard InChI is InChI=1S/C15H22N4O/c1-12(3-4-13-5-7-14(20)8-6-13)16-10-9-15-18-17-11-19(15)2/h5-8,11-12,16,20H,3-4,9-10H2,1-2H3. The van der Waals surface area contributed by atoms with Gasteiger partial charge in [0.05, 0.1) is 0 Å². The van der Waals surface area contributed by atoms with Crippen molar-refractivity contribution < 1.29 is 5.11 Å². The van der Waals surface area contributed by atoms with Crippen molar-refractivity contribution >= 4 is 0 Å². The summed E-state index contributed by atoms with van der Waals surface area (Å²) in [4.78, 5) is 0. The number of aromatic nitrogens is 3. The Kier molecular flexibility index (Phi) is 5.12. The van der Waals surface area contributed by atoms with E-state index in [-0.39, 0.29) is 0 Å². The molecule has 1 aromatic carbocycles. The monoisotopic (exact) mass is 274 g/mol. The maximum absolute atomic E-state index is 9.24. The number of benzene rings is 1. The maximum atomic E-state index is 9.24. The highest BCUT2D eigenvalue weighted by molar-refractivity contribution is 5.25. The Labute approximate surface area is 119 Å². The molecule has 1 atom stereocenters. The minimum atomic E-state index is 0.323. The van der Waals surface area contributed by atoms with Gasteiger partial charge in [0.1, 0.15) is 17.9 Å². The smallest absolute Gasteiger partial charge is 0.133 e. The molecule has 108 valence electrons. The molecule has 2 rings (SSSR count). The van der Waals surface area contributed by atoms with Gasteiger partial charge in [-0.1, -0.05) is 12.1 Å². The number of hydrogen-bond donors (Lipinski definition) is 2. The molecule has 1 unspecified atom stereocenters. The van der Waals surface area contributed by atoms with Gasteiger partial charge in [-0.2, -0.15) is 0 Å². The minimum absolute atomic E-state index is 0.323. The first-order valence-corrected chi connectivity index (χ1v) is 6.99. The van der Waals surface area contributed by atoms with Crippen LogP contribution in [0.1, 0.15) is 24.7 Å². The van der Waals surface area contributed by atoms with Crippen LogP contribution in [0.25, 0.3) is 0 Å². The second-order valence-corrected chi connectivity index (χ2v) is 5.17. The molecule has 0 saturated heterocycles. The molecule has 1 aromatic heterocycles. The lowest BCUT2D eigenvalue weighted by molar-refractivity contribution is 0.474. The average molecular weight is 274 g/mol. The van der Waals surface area contributed by atoms with Gasteiger partial charge in [0.15, 0.2) is 0 Å². The molecular formula is C15H22N4O. The molecule has 0 aliphatic heterocycles.